The van der Waals surface area contributed by atoms with Crippen LogP contribution in [0.1, 0.15) is 13.8 Å². The number of piperazine rings is 1. The van der Waals surface area contributed by atoms with Crippen LogP contribution in [-0.4, -0.2) is 81.8 Å². The van der Waals surface area contributed by atoms with Gasteiger partial charge in [0.2, 0.25) is 10.0 Å². The largest absolute Gasteiger partial charge is 0.351 e. The number of nitrogens with one attached hydrogen (secondary N) is 2. The summed E-state index contributed by atoms with van der Waals surface area (Å²) in [6, 6.07) is 8.33. The zero-order valence-corrected chi connectivity index (χ0v) is 16.8. The van der Waals surface area contributed by atoms with Gasteiger partial charge in [0.1, 0.15) is 0 Å². The first-order valence-corrected chi connectivity index (χ1v) is 10.8. The van der Waals surface area contributed by atoms with Gasteiger partial charge < -0.3 is 15.1 Å². The van der Waals surface area contributed by atoms with Crippen LogP contribution < -0.4 is 10.2 Å². The van der Waals surface area contributed by atoms with Gasteiger partial charge in [-0.25, -0.2) is 8.42 Å². The van der Waals surface area contributed by atoms with Gasteiger partial charge in [-0.05, 0) is 26.0 Å². The minimum absolute atomic E-state index is 0.0482. The number of amides is 2. The van der Waals surface area contributed by atoms with Crippen molar-refractivity contribution in [2.75, 3.05) is 52.4 Å². The van der Waals surface area contributed by atoms with Gasteiger partial charge in [-0.1, -0.05) is 18.2 Å². The summed E-state index contributed by atoms with van der Waals surface area (Å²) in [6.07, 6.45) is 0. The Balaban J connectivity index is 1.89. The Morgan fingerprint density at radius 2 is 1.67 bits per heavy atom. The number of benzene rings is 1. The summed E-state index contributed by atoms with van der Waals surface area (Å²) < 4.78 is 26.7. The van der Waals surface area contributed by atoms with E-state index >= 15 is 0 Å². The number of carbonyl (C=O) groups is 2. The third-order valence-electron chi connectivity index (χ3n) is 4.66. The molecule has 9 heteroatoms. The zero-order chi connectivity index (χ0) is 19.9. The van der Waals surface area contributed by atoms with E-state index < -0.39 is 10.0 Å². The van der Waals surface area contributed by atoms with Crippen LogP contribution >= 0.6 is 0 Å². The molecule has 27 heavy (non-hydrogen) atoms. The highest BCUT2D eigenvalue weighted by Gasteiger charge is 2.31. The Labute approximate surface area is 161 Å². The number of hydrogen-bond acceptors (Lipinski definition) is 4. The third-order valence-corrected chi connectivity index (χ3v) is 6.57. The number of sulfonamides is 1. The van der Waals surface area contributed by atoms with E-state index in [1.54, 1.807) is 35.2 Å². The van der Waals surface area contributed by atoms with Crippen molar-refractivity contribution in [3.8, 4) is 0 Å². The van der Waals surface area contributed by atoms with E-state index in [0.717, 1.165) is 4.90 Å². The molecular formula is C18H29N4O4S+. The second kappa shape index (κ2) is 9.82. The number of hydrogen-bond donors (Lipinski definition) is 2. The Morgan fingerprint density at radius 3 is 2.22 bits per heavy atom. The first-order chi connectivity index (χ1) is 12.9. The summed E-state index contributed by atoms with van der Waals surface area (Å²) >= 11 is 0. The van der Waals surface area contributed by atoms with Gasteiger partial charge in [0.15, 0.2) is 13.1 Å². The summed E-state index contributed by atoms with van der Waals surface area (Å²) in [5.74, 6) is -0.117. The fourth-order valence-electron chi connectivity index (χ4n) is 3.04. The maximum absolute atomic E-state index is 12.6. The first kappa shape index (κ1) is 21.3. The van der Waals surface area contributed by atoms with Crippen LogP contribution in [0.4, 0.5) is 0 Å². The molecule has 150 valence electrons. The molecule has 8 nitrogen and oxygen atoms in total. The lowest BCUT2D eigenvalue weighted by Crippen LogP contribution is -3.14. The van der Waals surface area contributed by atoms with Gasteiger partial charge in [0.05, 0.1) is 11.4 Å². The maximum Gasteiger partial charge on any atom is 0.277 e. The van der Waals surface area contributed by atoms with Crippen LogP contribution in [0, 0.1) is 0 Å². The average Bonchev–Trinajstić information content (AvgIpc) is 2.68. The maximum atomic E-state index is 12.6. The van der Waals surface area contributed by atoms with Gasteiger partial charge in [-0.2, -0.15) is 4.31 Å². The molecule has 1 aliphatic rings. The number of nitrogens with zero attached hydrogens (tertiary/aromatic N) is 2. The molecule has 1 unspecified atom stereocenters. The van der Waals surface area contributed by atoms with Crippen LogP contribution in [0.5, 0.6) is 0 Å². The monoisotopic (exact) mass is 397 g/mol. The molecule has 1 heterocycles. The van der Waals surface area contributed by atoms with E-state index in [1.165, 1.54) is 4.31 Å². The second-order valence-corrected chi connectivity index (χ2v) is 8.45. The Kier molecular flexibility index (Phi) is 7.76. The quantitative estimate of drug-likeness (QED) is 0.562. The smallest absolute Gasteiger partial charge is 0.277 e. The Morgan fingerprint density at radius 1 is 1.04 bits per heavy atom. The topological polar surface area (TPSA) is 91.2 Å². The summed E-state index contributed by atoms with van der Waals surface area (Å²) in [5, 5.41) is 2.74. The van der Waals surface area contributed by atoms with Crippen molar-refractivity contribution in [3.05, 3.63) is 30.3 Å². The van der Waals surface area contributed by atoms with Crippen molar-refractivity contribution in [2.45, 2.75) is 18.7 Å². The molecule has 2 N–H and O–H groups in total. The lowest BCUT2D eigenvalue weighted by molar-refractivity contribution is -0.882. The molecule has 1 atom stereocenters. The molecule has 2 amide bonds. The molecule has 1 saturated heterocycles. The number of quaternary nitrogens is 1. The summed E-state index contributed by atoms with van der Waals surface area (Å²) in [4.78, 5) is 27.1. The van der Waals surface area contributed by atoms with Crippen LogP contribution in [0.25, 0.3) is 0 Å². The highest BCUT2D eigenvalue weighted by atomic mass is 32.2. The van der Waals surface area contributed by atoms with E-state index in [-0.39, 0.29) is 42.9 Å². The summed E-state index contributed by atoms with van der Waals surface area (Å²) in [6.45, 7) is 6.82. The predicted molar refractivity (Wildman–Crippen MR) is 102 cm³/mol. The van der Waals surface area contributed by atoms with Gasteiger partial charge in [0, 0.05) is 32.7 Å². The van der Waals surface area contributed by atoms with E-state index in [2.05, 4.69) is 5.32 Å². The number of carbonyl (C=O) groups excluding carboxylic acids is 2. The molecule has 1 aromatic carbocycles. The van der Waals surface area contributed by atoms with Gasteiger partial charge >= 0.3 is 0 Å². The van der Waals surface area contributed by atoms with Gasteiger partial charge in [-0.15, -0.1) is 0 Å². The number of rotatable bonds is 8. The average molecular weight is 398 g/mol. The van der Waals surface area contributed by atoms with Crippen molar-refractivity contribution in [3.63, 3.8) is 0 Å². The summed E-state index contributed by atoms with van der Waals surface area (Å²) in [7, 11) is -3.52. The highest BCUT2D eigenvalue weighted by molar-refractivity contribution is 7.89. The molecule has 1 aromatic rings. The van der Waals surface area contributed by atoms with Crippen LogP contribution in [-0.2, 0) is 19.6 Å². The van der Waals surface area contributed by atoms with E-state index in [9.17, 15) is 18.0 Å². The molecule has 2 rings (SSSR count). The highest BCUT2D eigenvalue weighted by Crippen LogP contribution is 2.17. The molecule has 0 aliphatic carbocycles. The Hall–Kier alpha value is -1.97. The fraction of sp³-hybridized carbons (Fsp3) is 0.556. The molecule has 1 fully saturated rings. The van der Waals surface area contributed by atoms with Crippen molar-refractivity contribution in [1.82, 2.24) is 14.5 Å². The predicted octanol–water partition coefficient (Wildman–Crippen LogP) is -1.44. The molecule has 0 saturated carbocycles. The van der Waals surface area contributed by atoms with Gasteiger partial charge in [-0.3, -0.25) is 9.59 Å². The molecule has 0 bridgehead atoms. The van der Waals surface area contributed by atoms with E-state index in [0.29, 0.717) is 26.2 Å². The fourth-order valence-corrected chi connectivity index (χ4v) is 4.49. The third kappa shape index (κ3) is 5.75. The summed E-state index contributed by atoms with van der Waals surface area (Å²) in [5.41, 5.74) is 0. The van der Waals surface area contributed by atoms with Crippen molar-refractivity contribution in [1.29, 1.82) is 0 Å². The van der Waals surface area contributed by atoms with Crippen LogP contribution in [0.3, 0.4) is 0 Å². The lowest BCUT2D eigenvalue weighted by Gasteiger charge is -2.34. The van der Waals surface area contributed by atoms with Crippen LogP contribution in [0.2, 0.25) is 0 Å². The van der Waals surface area contributed by atoms with Crippen LogP contribution in [0.15, 0.2) is 35.2 Å². The Bertz CT molecular complexity index is 731. The molecule has 0 aromatic heterocycles. The van der Waals surface area contributed by atoms with Crippen molar-refractivity contribution < 1.29 is 22.9 Å². The minimum Gasteiger partial charge on any atom is -0.351 e. The zero-order valence-electron chi connectivity index (χ0n) is 16.0. The second-order valence-electron chi connectivity index (χ2n) is 6.51. The van der Waals surface area contributed by atoms with Gasteiger partial charge in [0.25, 0.3) is 11.8 Å². The molecule has 0 radical (unpaired) electrons. The first-order valence-electron chi connectivity index (χ1n) is 9.31. The minimum atomic E-state index is -3.52. The normalized spacial score (nSPS) is 16.7. The van der Waals surface area contributed by atoms with E-state index in [4.69, 9.17) is 0 Å². The molecular weight excluding hydrogens is 368 g/mol. The molecule has 1 aliphatic heterocycles. The lowest BCUT2D eigenvalue weighted by atomic mass is 10.3. The standard InChI is InChI=1S/C18H28N4O4S/c1-3-19-17(23)14-20(4-2)15-18(24)21-10-12-22(13-11-21)27(25,26)16-8-6-5-7-9-16/h5-9H,3-4,10-15H2,1-2H3,(H,19,23)/p+1. The SMILES string of the molecule is CCNC(=O)C[NH+](CC)CC(=O)N1CCN(S(=O)(=O)c2ccccc2)CC1. The van der Waals surface area contributed by atoms with E-state index in [1.807, 2.05) is 13.8 Å². The van der Waals surface area contributed by atoms with Crippen molar-refractivity contribution >= 4 is 21.8 Å². The number of likely N-dealkylation sites (N-methyl/N-ethyl adjacent to an activating group) is 2. The molecule has 0 spiro atoms. The van der Waals surface area contributed by atoms with Crippen molar-refractivity contribution in [2.24, 2.45) is 0 Å².